The molecule has 1 fully saturated rings. The first-order valence-electron chi connectivity index (χ1n) is 7.10. The van der Waals surface area contributed by atoms with E-state index in [-0.39, 0.29) is 0 Å². The molecule has 1 aromatic rings. The number of esters is 1. The molecule has 0 spiro atoms. The normalized spacial score (nSPS) is 17.4. The summed E-state index contributed by atoms with van der Waals surface area (Å²) in [7, 11) is 2.14. The van der Waals surface area contributed by atoms with Gasteiger partial charge in [-0.1, -0.05) is 5.21 Å². The monoisotopic (exact) mass is 281 g/mol. The SMILES string of the molecule is CCOC(=O)c1nnn(CCN2CCN(C)CC2)c1C. The van der Waals surface area contributed by atoms with E-state index < -0.39 is 5.97 Å². The van der Waals surface area contributed by atoms with Crippen LogP contribution in [-0.2, 0) is 11.3 Å². The van der Waals surface area contributed by atoms with Crippen LogP contribution >= 0.6 is 0 Å². The predicted octanol–water partition coefficient (Wildman–Crippen LogP) is 0.0106. The number of piperazine rings is 1. The largest absolute Gasteiger partial charge is 0.461 e. The summed E-state index contributed by atoms with van der Waals surface area (Å²) in [6.07, 6.45) is 0. The van der Waals surface area contributed by atoms with Crippen molar-refractivity contribution in [3.8, 4) is 0 Å². The molecule has 1 aliphatic heterocycles. The van der Waals surface area contributed by atoms with Crippen molar-refractivity contribution in [2.75, 3.05) is 46.4 Å². The highest BCUT2D eigenvalue weighted by atomic mass is 16.5. The topological polar surface area (TPSA) is 63.5 Å². The smallest absolute Gasteiger partial charge is 0.360 e. The molecule has 0 aliphatic carbocycles. The zero-order chi connectivity index (χ0) is 14.5. The number of carbonyl (C=O) groups is 1. The van der Waals surface area contributed by atoms with Crippen molar-refractivity contribution in [2.45, 2.75) is 20.4 Å². The van der Waals surface area contributed by atoms with Crippen LogP contribution in [0.2, 0.25) is 0 Å². The maximum atomic E-state index is 11.7. The average molecular weight is 281 g/mol. The van der Waals surface area contributed by atoms with Crippen LogP contribution < -0.4 is 0 Å². The average Bonchev–Trinajstić information content (AvgIpc) is 2.80. The Bertz CT molecular complexity index is 452. The van der Waals surface area contributed by atoms with Crippen molar-refractivity contribution in [1.82, 2.24) is 24.8 Å². The molecule has 0 bridgehead atoms. The van der Waals surface area contributed by atoms with E-state index in [1.165, 1.54) is 0 Å². The summed E-state index contributed by atoms with van der Waals surface area (Å²) in [6.45, 7) is 10.0. The lowest BCUT2D eigenvalue weighted by atomic mass is 10.3. The van der Waals surface area contributed by atoms with E-state index in [1.807, 2.05) is 6.92 Å². The van der Waals surface area contributed by atoms with E-state index in [0.29, 0.717) is 12.3 Å². The fourth-order valence-corrected chi connectivity index (χ4v) is 2.27. The van der Waals surface area contributed by atoms with E-state index in [0.717, 1.165) is 45.0 Å². The van der Waals surface area contributed by atoms with Crippen molar-refractivity contribution in [1.29, 1.82) is 0 Å². The zero-order valence-electron chi connectivity index (χ0n) is 12.5. The summed E-state index contributed by atoms with van der Waals surface area (Å²) < 4.78 is 6.74. The quantitative estimate of drug-likeness (QED) is 0.709. The molecule has 0 amide bonds. The predicted molar refractivity (Wildman–Crippen MR) is 74.7 cm³/mol. The number of hydrogen-bond donors (Lipinski definition) is 0. The summed E-state index contributed by atoms with van der Waals surface area (Å²) in [5, 5.41) is 7.97. The summed E-state index contributed by atoms with van der Waals surface area (Å²) in [5.74, 6) is -0.393. The van der Waals surface area contributed by atoms with E-state index in [2.05, 4.69) is 27.2 Å². The fraction of sp³-hybridized carbons (Fsp3) is 0.769. The summed E-state index contributed by atoms with van der Waals surface area (Å²) in [5.41, 5.74) is 1.10. The molecule has 0 unspecified atom stereocenters. The number of hydrogen-bond acceptors (Lipinski definition) is 6. The maximum absolute atomic E-state index is 11.7. The Morgan fingerprint density at radius 3 is 2.60 bits per heavy atom. The van der Waals surface area contributed by atoms with Crippen LogP contribution in [0.1, 0.15) is 23.1 Å². The van der Waals surface area contributed by atoms with Crippen LogP contribution in [0.25, 0.3) is 0 Å². The first-order chi connectivity index (χ1) is 9.61. The summed E-state index contributed by atoms with van der Waals surface area (Å²) in [6, 6.07) is 0. The Labute approximate surface area is 119 Å². The molecule has 7 heteroatoms. The van der Waals surface area contributed by atoms with E-state index in [1.54, 1.807) is 11.6 Å². The lowest BCUT2D eigenvalue weighted by molar-refractivity contribution is 0.0518. The van der Waals surface area contributed by atoms with Gasteiger partial charge >= 0.3 is 5.97 Å². The van der Waals surface area contributed by atoms with Crippen LogP contribution in [0.5, 0.6) is 0 Å². The molecule has 0 atom stereocenters. The maximum Gasteiger partial charge on any atom is 0.360 e. The molecule has 0 N–H and O–H groups in total. The molecule has 112 valence electrons. The second-order valence-electron chi connectivity index (χ2n) is 5.11. The minimum absolute atomic E-state index is 0.324. The number of ether oxygens (including phenoxy) is 1. The van der Waals surface area contributed by atoms with E-state index >= 15 is 0 Å². The van der Waals surface area contributed by atoms with Crippen molar-refractivity contribution in [3.63, 3.8) is 0 Å². The van der Waals surface area contributed by atoms with E-state index in [9.17, 15) is 4.79 Å². The van der Waals surface area contributed by atoms with Crippen molar-refractivity contribution < 1.29 is 9.53 Å². The fourth-order valence-electron chi connectivity index (χ4n) is 2.27. The number of rotatable bonds is 5. The van der Waals surface area contributed by atoms with Gasteiger partial charge in [-0.25, -0.2) is 9.48 Å². The highest BCUT2D eigenvalue weighted by Gasteiger charge is 2.18. The molecule has 1 aliphatic rings. The first-order valence-corrected chi connectivity index (χ1v) is 7.10. The molecule has 2 rings (SSSR count). The summed E-state index contributed by atoms with van der Waals surface area (Å²) >= 11 is 0. The lowest BCUT2D eigenvalue weighted by Gasteiger charge is -2.32. The third-order valence-electron chi connectivity index (χ3n) is 3.68. The van der Waals surface area contributed by atoms with Gasteiger partial charge in [0.05, 0.1) is 18.8 Å². The molecule has 20 heavy (non-hydrogen) atoms. The van der Waals surface area contributed by atoms with Crippen LogP contribution in [0.3, 0.4) is 0 Å². The van der Waals surface area contributed by atoms with Gasteiger partial charge in [0.25, 0.3) is 0 Å². The first kappa shape index (κ1) is 14.9. The Morgan fingerprint density at radius 1 is 1.25 bits per heavy atom. The number of carbonyl (C=O) groups excluding carboxylic acids is 1. The van der Waals surface area contributed by atoms with Crippen LogP contribution in [0.4, 0.5) is 0 Å². The molecule has 0 radical (unpaired) electrons. The molecular weight excluding hydrogens is 258 g/mol. The Balaban J connectivity index is 1.89. The third kappa shape index (κ3) is 3.55. The van der Waals surface area contributed by atoms with Crippen molar-refractivity contribution >= 4 is 5.97 Å². The Kier molecular flexibility index (Phi) is 5.08. The standard InChI is InChI=1S/C13H23N5O2/c1-4-20-13(19)12-11(2)18(15-14-12)10-9-17-7-5-16(3)6-8-17/h4-10H2,1-3H3. The van der Waals surface area contributed by atoms with Crippen LogP contribution in [0, 0.1) is 6.92 Å². The molecule has 1 aromatic heterocycles. The minimum atomic E-state index is -0.393. The van der Waals surface area contributed by atoms with Gasteiger partial charge in [-0.15, -0.1) is 5.10 Å². The van der Waals surface area contributed by atoms with Crippen molar-refractivity contribution in [2.24, 2.45) is 0 Å². The Hall–Kier alpha value is -1.47. The molecule has 1 saturated heterocycles. The van der Waals surface area contributed by atoms with E-state index in [4.69, 9.17) is 4.74 Å². The number of likely N-dealkylation sites (N-methyl/N-ethyl adjacent to an activating group) is 1. The van der Waals surface area contributed by atoms with Gasteiger partial charge in [-0.05, 0) is 20.9 Å². The third-order valence-corrected chi connectivity index (χ3v) is 3.68. The van der Waals surface area contributed by atoms with Gasteiger partial charge in [0.15, 0.2) is 5.69 Å². The molecule has 0 aromatic carbocycles. The molecule has 7 nitrogen and oxygen atoms in total. The molecule has 2 heterocycles. The number of aromatic nitrogens is 3. The second kappa shape index (κ2) is 6.81. The van der Waals surface area contributed by atoms with Gasteiger partial charge in [-0.2, -0.15) is 0 Å². The van der Waals surface area contributed by atoms with Crippen LogP contribution in [0.15, 0.2) is 0 Å². The van der Waals surface area contributed by atoms with Crippen LogP contribution in [-0.4, -0.2) is 77.1 Å². The van der Waals surface area contributed by atoms with Gasteiger partial charge in [-0.3, -0.25) is 4.90 Å². The highest BCUT2D eigenvalue weighted by molar-refractivity contribution is 5.88. The second-order valence-corrected chi connectivity index (χ2v) is 5.11. The molecule has 0 saturated carbocycles. The van der Waals surface area contributed by atoms with Gasteiger partial charge in [0.1, 0.15) is 0 Å². The minimum Gasteiger partial charge on any atom is -0.461 e. The summed E-state index contributed by atoms with van der Waals surface area (Å²) in [4.78, 5) is 16.4. The number of nitrogens with zero attached hydrogens (tertiary/aromatic N) is 5. The molecular formula is C13H23N5O2. The van der Waals surface area contributed by atoms with Gasteiger partial charge < -0.3 is 9.64 Å². The highest BCUT2D eigenvalue weighted by Crippen LogP contribution is 2.06. The Morgan fingerprint density at radius 2 is 1.95 bits per heavy atom. The van der Waals surface area contributed by atoms with Gasteiger partial charge in [0.2, 0.25) is 0 Å². The lowest BCUT2D eigenvalue weighted by Crippen LogP contribution is -2.45. The van der Waals surface area contributed by atoms with Gasteiger partial charge in [0, 0.05) is 32.7 Å². The zero-order valence-corrected chi connectivity index (χ0v) is 12.5. The van der Waals surface area contributed by atoms with Crippen molar-refractivity contribution in [3.05, 3.63) is 11.4 Å².